The van der Waals surface area contributed by atoms with E-state index in [4.69, 9.17) is 0 Å². The highest BCUT2D eigenvalue weighted by atomic mass is 16.2. The Hall–Kier alpha value is -1.35. The maximum atomic E-state index is 12.0. The lowest BCUT2D eigenvalue weighted by Crippen LogP contribution is -2.40. The average Bonchev–Trinajstić information content (AvgIpc) is 3.26. The number of hydrogen-bond acceptors (Lipinski definition) is 2. The van der Waals surface area contributed by atoms with Crippen LogP contribution in [0, 0.1) is 12.8 Å². The van der Waals surface area contributed by atoms with Gasteiger partial charge in [-0.2, -0.15) is 0 Å². The highest BCUT2D eigenvalue weighted by Gasteiger charge is 2.29. The third-order valence-electron chi connectivity index (χ3n) is 4.41. The number of carbonyl (C=O) groups is 1. The fourth-order valence-corrected chi connectivity index (χ4v) is 2.85. The second-order valence-corrected chi connectivity index (χ2v) is 6.32. The summed E-state index contributed by atoms with van der Waals surface area (Å²) in [5.74, 6) is 0.535. The van der Waals surface area contributed by atoms with E-state index in [1.165, 1.54) is 24.0 Å². The second kappa shape index (κ2) is 5.96. The predicted molar refractivity (Wildman–Crippen MR) is 80.3 cm³/mol. The number of carbonyl (C=O) groups excluding carboxylic acids is 1. The number of benzene rings is 1. The molecule has 2 aliphatic rings. The third-order valence-corrected chi connectivity index (χ3v) is 4.41. The van der Waals surface area contributed by atoms with Crippen LogP contribution in [0.25, 0.3) is 0 Å². The molecule has 0 aromatic heterocycles. The number of rotatable bonds is 4. The van der Waals surface area contributed by atoms with Crippen molar-refractivity contribution in [2.45, 2.75) is 45.2 Å². The van der Waals surface area contributed by atoms with Crippen molar-refractivity contribution in [2.75, 3.05) is 13.1 Å². The molecule has 2 fully saturated rings. The van der Waals surface area contributed by atoms with Crippen molar-refractivity contribution >= 4 is 5.91 Å². The fraction of sp³-hybridized carbons (Fsp3) is 0.588. The van der Waals surface area contributed by atoms with Crippen LogP contribution in [0.4, 0.5) is 0 Å². The summed E-state index contributed by atoms with van der Waals surface area (Å²) in [6.45, 7) is 5.21. The zero-order chi connectivity index (χ0) is 13.9. The first-order valence-corrected chi connectivity index (χ1v) is 7.79. The lowest BCUT2D eigenvalue weighted by Gasteiger charge is -2.31. The molecule has 1 amide bonds. The Labute approximate surface area is 121 Å². The van der Waals surface area contributed by atoms with E-state index >= 15 is 0 Å². The van der Waals surface area contributed by atoms with Crippen molar-refractivity contribution in [3.05, 3.63) is 35.4 Å². The molecule has 3 heteroatoms. The quantitative estimate of drug-likeness (QED) is 0.913. The molecule has 0 bridgehead atoms. The van der Waals surface area contributed by atoms with Crippen LogP contribution < -0.4 is 5.32 Å². The van der Waals surface area contributed by atoms with Crippen molar-refractivity contribution in [1.29, 1.82) is 0 Å². The molecule has 1 aliphatic heterocycles. The smallest absolute Gasteiger partial charge is 0.223 e. The van der Waals surface area contributed by atoms with Gasteiger partial charge in [0.25, 0.3) is 0 Å². The van der Waals surface area contributed by atoms with E-state index in [1.807, 2.05) is 0 Å². The van der Waals surface area contributed by atoms with E-state index in [0.29, 0.717) is 11.9 Å². The van der Waals surface area contributed by atoms with Gasteiger partial charge in [0.1, 0.15) is 0 Å². The lowest BCUT2D eigenvalue weighted by atomic mass is 9.95. The molecule has 0 unspecified atom stereocenters. The normalized spacial score (nSPS) is 20.9. The van der Waals surface area contributed by atoms with Gasteiger partial charge in [-0.15, -0.1) is 0 Å². The molecule has 1 aromatic rings. The van der Waals surface area contributed by atoms with Gasteiger partial charge in [-0.1, -0.05) is 29.8 Å². The SMILES string of the molecule is Cc1ccc(CN2CCC(C(=O)NC3CC3)CC2)cc1. The molecule has 3 rings (SSSR count). The summed E-state index contributed by atoms with van der Waals surface area (Å²) in [5, 5.41) is 3.14. The molecule has 1 saturated carbocycles. The summed E-state index contributed by atoms with van der Waals surface area (Å²) in [5.41, 5.74) is 2.68. The van der Waals surface area contributed by atoms with Gasteiger partial charge in [-0.3, -0.25) is 9.69 Å². The Morgan fingerprint density at radius 1 is 1.15 bits per heavy atom. The maximum Gasteiger partial charge on any atom is 0.223 e. The van der Waals surface area contributed by atoms with Crippen LogP contribution in [0.15, 0.2) is 24.3 Å². The lowest BCUT2D eigenvalue weighted by molar-refractivity contribution is -0.126. The monoisotopic (exact) mass is 272 g/mol. The second-order valence-electron chi connectivity index (χ2n) is 6.32. The molecule has 108 valence electrons. The van der Waals surface area contributed by atoms with Gasteiger partial charge in [-0.25, -0.2) is 0 Å². The molecule has 0 radical (unpaired) electrons. The average molecular weight is 272 g/mol. The zero-order valence-corrected chi connectivity index (χ0v) is 12.3. The van der Waals surface area contributed by atoms with E-state index < -0.39 is 0 Å². The van der Waals surface area contributed by atoms with E-state index in [9.17, 15) is 4.79 Å². The Kier molecular flexibility index (Phi) is 4.06. The first-order valence-electron chi connectivity index (χ1n) is 7.79. The van der Waals surface area contributed by atoms with Crippen LogP contribution >= 0.6 is 0 Å². The number of nitrogens with zero attached hydrogens (tertiary/aromatic N) is 1. The molecule has 0 atom stereocenters. The third kappa shape index (κ3) is 3.60. The largest absolute Gasteiger partial charge is 0.353 e. The molecular weight excluding hydrogens is 248 g/mol. The first-order chi connectivity index (χ1) is 9.70. The summed E-state index contributed by atoms with van der Waals surface area (Å²) in [7, 11) is 0. The minimum absolute atomic E-state index is 0.241. The fourth-order valence-electron chi connectivity index (χ4n) is 2.85. The summed E-state index contributed by atoms with van der Waals surface area (Å²) >= 11 is 0. The Bertz CT molecular complexity index is 456. The van der Waals surface area contributed by atoms with Crippen molar-refractivity contribution in [3.8, 4) is 0 Å². The van der Waals surface area contributed by atoms with Gasteiger partial charge in [0.2, 0.25) is 5.91 Å². The van der Waals surface area contributed by atoms with Crippen LogP contribution in [0.2, 0.25) is 0 Å². The van der Waals surface area contributed by atoms with Gasteiger partial charge in [-0.05, 0) is 51.3 Å². The van der Waals surface area contributed by atoms with Crippen LogP contribution in [-0.4, -0.2) is 29.9 Å². The summed E-state index contributed by atoms with van der Waals surface area (Å²) in [6.07, 6.45) is 4.37. The van der Waals surface area contributed by atoms with Crippen LogP contribution in [-0.2, 0) is 11.3 Å². The number of likely N-dealkylation sites (tertiary alicyclic amines) is 1. The number of amides is 1. The molecule has 3 nitrogen and oxygen atoms in total. The topological polar surface area (TPSA) is 32.3 Å². The molecule has 1 aliphatic carbocycles. The Morgan fingerprint density at radius 3 is 2.40 bits per heavy atom. The summed E-state index contributed by atoms with van der Waals surface area (Å²) < 4.78 is 0. The van der Waals surface area contributed by atoms with E-state index in [1.54, 1.807) is 0 Å². The van der Waals surface area contributed by atoms with E-state index in [2.05, 4.69) is 41.4 Å². The summed E-state index contributed by atoms with van der Waals surface area (Å²) in [4.78, 5) is 14.5. The molecule has 1 saturated heterocycles. The molecule has 1 aromatic carbocycles. The summed E-state index contributed by atoms with van der Waals surface area (Å²) in [6, 6.07) is 9.26. The Balaban J connectivity index is 1.45. The van der Waals surface area contributed by atoms with Crippen molar-refractivity contribution in [3.63, 3.8) is 0 Å². The van der Waals surface area contributed by atoms with Crippen molar-refractivity contribution in [1.82, 2.24) is 10.2 Å². The Morgan fingerprint density at radius 2 is 1.80 bits per heavy atom. The number of piperidine rings is 1. The number of aryl methyl sites for hydroxylation is 1. The van der Waals surface area contributed by atoms with Gasteiger partial charge in [0, 0.05) is 18.5 Å². The van der Waals surface area contributed by atoms with Gasteiger partial charge < -0.3 is 5.32 Å². The molecule has 1 heterocycles. The number of hydrogen-bond donors (Lipinski definition) is 1. The van der Waals surface area contributed by atoms with Gasteiger partial charge >= 0.3 is 0 Å². The minimum atomic E-state index is 0.241. The van der Waals surface area contributed by atoms with Crippen molar-refractivity contribution < 1.29 is 4.79 Å². The van der Waals surface area contributed by atoms with Crippen LogP contribution in [0.1, 0.15) is 36.8 Å². The van der Waals surface area contributed by atoms with E-state index in [0.717, 1.165) is 32.5 Å². The molecule has 20 heavy (non-hydrogen) atoms. The number of nitrogens with one attached hydrogen (secondary N) is 1. The maximum absolute atomic E-state index is 12.0. The molecule has 0 spiro atoms. The standard InChI is InChI=1S/C17H24N2O/c1-13-2-4-14(5-3-13)12-19-10-8-15(9-11-19)17(20)18-16-6-7-16/h2-5,15-16H,6-12H2,1H3,(H,18,20). The van der Waals surface area contributed by atoms with Crippen LogP contribution in [0.5, 0.6) is 0 Å². The highest BCUT2D eigenvalue weighted by Crippen LogP contribution is 2.23. The van der Waals surface area contributed by atoms with Crippen molar-refractivity contribution in [2.24, 2.45) is 5.92 Å². The highest BCUT2D eigenvalue weighted by molar-refractivity contribution is 5.79. The predicted octanol–water partition coefficient (Wildman–Crippen LogP) is 2.49. The molecular formula is C17H24N2O. The zero-order valence-electron chi connectivity index (χ0n) is 12.3. The first kappa shape index (κ1) is 13.6. The van der Waals surface area contributed by atoms with Crippen LogP contribution in [0.3, 0.4) is 0 Å². The van der Waals surface area contributed by atoms with Gasteiger partial charge in [0.15, 0.2) is 0 Å². The minimum Gasteiger partial charge on any atom is -0.353 e. The van der Waals surface area contributed by atoms with Gasteiger partial charge in [0.05, 0.1) is 0 Å². The van der Waals surface area contributed by atoms with E-state index in [-0.39, 0.29) is 5.92 Å². The molecule has 1 N–H and O–H groups in total.